The maximum absolute atomic E-state index is 11.6. The largest absolute Gasteiger partial charge is 0.469 e. The number of hydrogen-bond donors (Lipinski definition) is 0. The van der Waals surface area contributed by atoms with Crippen LogP contribution in [0.15, 0.2) is 24.4 Å². The zero-order valence-electron chi connectivity index (χ0n) is 12.7. The first-order chi connectivity index (χ1) is 8.79. The van der Waals surface area contributed by atoms with Crippen LogP contribution in [0.5, 0.6) is 0 Å². The molecule has 0 N–H and O–H groups in total. The quantitative estimate of drug-likeness (QED) is 0.593. The molecule has 0 unspecified atom stereocenters. The molecule has 0 radical (unpaired) electrons. The van der Waals surface area contributed by atoms with Gasteiger partial charge in [-0.05, 0) is 32.4 Å². The number of hydrogen-bond acceptors (Lipinski definition) is 3. The van der Waals surface area contributed by atoms with E-state index in [0.717, 1.165) is 18.9 Å². The minimum absolute atomic E-state index is 0.121. The molecule has 1 aromatic rings. The fraction of sp³-hybridized carbons (Fsp3) is 0.600. The molecule has 0 atom stereocenters. The van der Waals surface area contributed by atoms with Crippen LogP contribution < -0.4 is 5.32 Å². The molecular weight excluding hydrogens is 254 g/mol. The molecule has 106 valence electrons. The Morgan fingerprint density at radius 2 is 2.05 bits per heavy atom. The van der Waals surface area contributed by atoms with E-state index >= 15 is 0 Å². The number of carbonyl (C=O) groups excluding carboxylic acids is 1. The van der Waals surface area contributed by atoms with Gasteiger partial charge in [-0.25, -0.2) is 0 Å². The van der Waals surface area contributed by atoms with Gasteiger partial charge in [-0.3, -0.25) is 9.78 Å². The van der Waals surface area contributed by atoms with E-state index in [4.69, 9.17) is 4.74 Å². The predicted octanol–water partition coefficient (Wildman–Crippen LogP) is 2.98. The van der Waals surface area contributed by atoms with Crippen LogP contribution in [0.2, 0.25) is 19.1 Å². The summed E-state index contributed by atoms with van der Waals surface area (Å²) in [4.78, 5) is 16.1. The van der Waals surface area contributed by atoms with Crippen LogP contribution in [0.1, 0.15) is 26.7 Å². The average molecular weight is 279 g/mol. The minimum Gasteiger partial charge on any atom is -0.469 e. The Bertz CT molecular complexity index is 415. The predicted molar refractivity (Wildman–Crippen MR) is 81.2 cm³/mol. The molecule has 0 fully saturated rings. The second kappa shape index (κ2) is 6.33. The fourth-order valence-corrected chi connectivity index (χ4v) is 4.53. The van der Waals surface area contributed by atoms with Crippen molar-refractivity contribution in [2.45, 2.75) is 45.8 Å². The molecular formula is C15H25NO2Si. The topological polar surface area (TPSA) is 39.2 Å². The maximum Gasteiger partial charge on any atom is 0.311 e. The van der Waals surface area contributed by atoms with E-state index in [0.29, 0.717) is 0 Å². The van der Waals surface area contributed by atoms with Gasteiger partial charge in [0.25, 0.3) is 0 Å². The number of nitrogens with zero attached hydrogens (tertiary/aromatic N) is 1. The van der Waals surface area contributed by atoms with Gasteiger partial charge in [0, 0.05) is 11.5 Å². The molecule has 0 aliphatic carbocycles. The van der Waals surface area contributed by atoms with Crippen LogP contribution in [0.3, 0.4) is 0 Å². The summed E-state index contributed by atoms with van der Waals surface area (Å²) in [6, 6.07) is 7.27. The average Bonchev–Trinajstić information content (AvgIpc) is 2.38. The van der Waals surface area contributed by atoms with Crippen molar-refractivity contribution >= 4 is 19.4 Å². The lowest BCUT2D eigenvalue weighted by Crippen LogP contribution is -2.43. The lowest BCUT2D eigenvalue weighted by Gasteiger charge is -2.25. The Morgan fingerprint density at radius 1 is 1.37 bits per heavy atom. The van der Waals surface area contributed by atoms with Crippen LogP contribution in [0.25, 0.3) is 0 Å². The van der Waals surface area contributed by atoms with E-state index in [2.05, 4.69) is 30.2 Å². The number of methoxy groups -OCH3 is 1. The third-order valence-corrected chi connectivity index (χ3v) is 6.99. The summed E-state index contributed by atoms with van der Waals surface area (Å²) >= 11 is 0. The van der Waals surface area contributed by atoms with Gasteiger partial charge >= 0.3 is 5.97 Å². The van der Waals surface area contributed by atoms with Gasteiger partial charge in [0.05, 0.1) is 12.5 Å². The molecule has 1 rings (SSSR count). The van der Waals surface area contributed by atoms with Gasteiger partial charge in [-0.1, -0.05) is 31.6 Å². The van der Waals surface area contributed by atoms with E-state index in [1.165, 1.54) is 12.4 Å². The van der Waals surface area contributed by atoms with Crippen LogP contribution in [0, 0.1) is 5.41 Å². The van der Waals surface area contributed by atoms with Gasteiger partial charge in [-0.2, -0.15) is 0 Å². The molecule has 0 aliphatic rings. The first kappa shape index (κ1) is 15.9. The zero-order chi connectivity index (χ0) is 14.5. The second-order valence-electron chi connectivity index (χ2n) is 6.33. The van der Waals surface area contributed by atoms with Crippen LogP contribution in [-0.4, -0.2) is 26.1 Å². The van der Waals surface area contributed by atoms with Crippen LogP contribution >= 0.6 is 0 Å². The third kappa shape index (κ3) is 4.46. The lowest BCUT2D eigenvalue weighted by molar-refractivity contribution is -0.151. The normalized spacial score (nSPS) is 12.3. The Kier molecular flexibility index (Phi) is 5.29. The van der Waals surface area contributed by atoms with Crippen molar-refractivity contribution < 1.29 is 9.53 Å². The van der Waals surface area contributed by atoms with Crippen molar-refractivity contribution in [3.63, 3.8) is 0 Å². The highest BCUT2D eigenvalue weighted by Crippen LogP contribution is 2.26. The molecule has 0 amide bonds. The van der Waals surface area contributed by atoms with E-state index in [-0.39, 0.29) is 11.4 Å². The smallest absolute Gasteiger partial charge is 0.311 e. The molecule has 1 aromatic heterocycles. The SMILES string of the molecule is COC(=O)C(C)(C)CCC[Si](C)(C)c1ccccn1. The van der Waals surface area contributed by atoms with Gasteiger partial charge in [0.2, 0.25) is 0 Å². The molecule has 1 heterocycles. The molecule has 0 spiro atoms. The summed E-state index contributed by atoms with van der Waals surface area (Å²) in [5, 5.41) is 1.24. The Labute approximate surface area is 117 Å². The molecule has 0 aliphatic heterocycles. The van der Waals surface area contributed by atoms with Crippen molar-refractivity contribution in [1.29, 1.82) is 0 Å². The fourth-order valence-electron chi connectivity index (χ4n) is 2.24. The standard InChI is InChI=1S/C15H25NO2Si/c1-15(2,14(17)18-3)10-8-12-19(4,5)13-9-6-7-11-16-13/h6-7,9,11H,8,10,12H2,1-5H3. The van der Waals surface area contributed by atoms with Gasteiger partial charge < -0.3 is 4.74 Å². The second-order valence-corrected chi connectivity index (χ2v) is 11.1. The summed E-state index contributed by atoms with van der Waals surface area (Å²) in [6.45, 7) is 8.57. The zero-order valence-corrected chi connectivity index (χ0v) is 13.7. The highest BCUT2D eigenvalue weighted by molar-refractivity contribution is 6.89. The van der Waals surface area contributed by atoms with E-state index in [9.17, 15) is 4.79 Å². The highest BCUT2D eigenvalue weighted by atomic mass is 28.3. The Morgan fingerprint density at radius 3 is 2.58 bits per heavy atom. The van der Waals surface area contributed by atoms with Crippen molar-refractivity contribution in [1.82, 2.24) is 4.98 Å². The van der Waals surface area contributed by atoms with E-state index < -0.39 is 8.07 Å². The van der Waals surface area contributed by atoms with Gasteiger partial charge in [0.1, 0.15) is 8.07 Å². The summed E-state index contributed by atoms with van der Waals surface area (Å²) in [7, 11) is -0.0324. The number of aromatic nitrogens is 1. The Hall–Kier alpha value is -1.16. The van der Waals surface area contributed by atoms with Crippen molar-refractivity contribution in [2.24, 2.45) is 5.41 Å². The van der Waals surface area contributed by atoms with Crippen molar-refractivity contribution in [3.8, 4) is 0 Å². The van der Waals surface area contributed by atoms with Gasteiger partial charge in [0.15, 0.2) is 0 Å². The summed E-state index contributed by atoms with van der Waals surface area (Å²) in [5.41, 5.74) is -0.386. The molecule has 0 bridgehead atoms. The van der Waals surface area contributed by atoms with Gasteiger partial charge in [-0.15, -0.1) is 0 Å². The summed E-state index contributed by atoms with van der Waals surface area (Å²) < 4.78 is 4.84. The minimum atomic E-state index is -1.49. The molecule has 0 aromatic carbocycles. The lowest BCUT2D eigenvalue weighted by atomic mass is 9.88. The maximum atomic E-state index is 11.6. The van der Waals surface area contributed by atoms with Crippen molar-refractivity contribution in [3.05, 3.63) is 24.4 Å². The molecule has 4 heteroatoms. The van der Waals surface area contributed by atoms with E-state index in [1.807, 2.05) is 26.1 Å². The number of ether oxygens (including phenoxy) is 1. The van der Waals surface area contributed by atoms with Crippen LogP contribution in [0.4, 0.5) is 0 Å². The summed E-state index contributed by atoms with van der Waals surface area (Å²) in [5.74, 6) is -0.121. The number of carbonyl (C=O) groups is 1. The molecule has 19 heavy (non-hydrogen) atoms. The number of pyridine rings is 1. The highest BCUT2D eigenvalue weighted by Gasteiger charge is 2.30. The molecule has 3 nitrogen and oxygen atoms in total. The van der Waals surface area contributed by atoms with Crippen LogP contribution in [-0.2, 0) is 9.53 Å². The van der Waals surface area contributed by atoms with E-state index in [1.54, 1.807) is 0 Å². The number of rotatable bonds is 6. The number of esters is 1. The molecule has 0 saturated heterocycles. The molecule has 0 saturated carbocycles. The monoisotopic (exact) mass is 279 g/mol. The Balaban J connectivity index is 2.55. The summed E-state index contributed by atoms with van der Waals surface area (Å²) in [6.07, 6.45) is 3.77. The first-order valence-corrected chi connectivity index (χ1v) is 10.0. The van der Waals surface area contributed by atoms with Crippen molar-refractivity contribution in [2.75, 3.05) is 7.11 Å². The third-order valence-electron chi connectivity index (χ3n) is 3.70. The first-order valence-electron chi connectivity index (χ1n) is 6.79.